The molecule has 0 aliphatic carbocycles. The van der Waals surface area contributed by atoms with Crippen molar-refractivity contribution in [1.29, 1.82) is 0 Å². The predicted molar refractivity (Wildman–Crippen MR) is 151 cm³/mol. The molecule has 4 rings (SSSR count). The quantitative estimate of drug-likeness (QED) is 0.188. The number of nitrogens with one attached hydrogen (secondary N) is 2. The van der Waals surface area contributed by atoms with E-state index in [9.17, 15) is 29.6 Å². The van der Waals surface area contributed by atoms with Gasteiger partial charge in [0.15, 0.2) is 11.9 Å². The first kappa shape index (κ1) is 29.5. The number of amides is 4. The van der Waals surface area contributed by atoms with Crippen LogP contribution in [0.15, 0.2) is 70.2 Å². The third-order valence-corrected chi connectivity index (χ3v) is 6.90. The van der Waals surface area contributed by atoms with Crippen molar-refractivity contribution in [3.8, 4) is 0 Å². The zero-order valence-corrected chi connectivity index (χ0v) is 23.2. The Morgan fingerprint density at radius 1 is 1.12 bits per heavy atom. The lowest BCUT2D eigenvalue weighted by Crippen LogP contribution is -2.57. The Morgan fingerprint density at radius 2 is 1.73 bits per heavy atom. The van der Waals surface area contributed by atoms with Crippen LogP contribution in [-0.2, 0) is 9.59 Å². The standard InChI is InChI=1S/C26H24Cl2N6O7/c1-26(2)23(22(36)24(37)30-17-7-3-15(27)4-8-17)33(18-9-5-16(28)6-10-18)25(38)32(26)14-20(35)31-29-13-19-11-12-21(41-19)34(39)40/h3-13,22-23,36H,14H2,1-2H3,(H,30,37)(H,31,35)/b29-13+. The van der Waals surface area contributed by atoms with Gasteiger partial charge in [-0.3, -0.25) is 24.6 Å². The second kappa shape index (κ2) is 12.0. The molecule has 41 heavy (non-hydrogen) atoms. The first-order valence-corrected chi connectivity index (χ1v) is 12.8. The maximum atomic E-state index is 13.7. The highest BCUT2D eigenvalue weighted by Crippen LogP contribution is 2.38. The molecule has 13 nitrogen and oxygen atoms in total. The van der Waals surface area contributed by atoms with Crippen LogP contribution < -0.4 is 15.6 Å². The van der Waals surface area contributed by atoms with Gasteiger partial charge in [0.25, 0.3) is 11.8 Å². The van der Waals surface area contributed by atoms with Crippen LogP contribution in [0.2, 0.25) is 10.0 Å². The molecule has 2 atom stereocenters. The fourth-order valence-corrected chi connectivity index (χ4v) is 4.64. The van der Waals surface area contributed by atoms with E-state index in [0.29, 0.717) is 21.4 Å². The molecule has 2 aromatic carbocycles. The van der Waals surface area contributed by atoms with Gasteiger partial charge in [-0.05, 0) is 68.4 Å². The molecule has 4 amide bonds. The molecule has 3 aromatic rings. The number of hydrazone groups is 1. The fraction of sp³-hybridized carbons (Fsp3) is 0.231. The number of furan rings is 1. The van der Waals surface area contributed by atoms with Gasteiger partial charge in [0.1, 0.15) is 11.5 Å². The molecule has 1 aromatic heterocycles. The first-order chi connectivity index (χ1) is 19.4. The Bertz CT molecular complexity index is 1490. The van der Waals surface area contributed by atoms with E-state index in [1.165, 1.54) is 15.9 Å². The number of hydrogen-bond donors (Lipinski definition) is 3. The zero-order valence-electron chi connectivity index (χ0n) is 21.7. The van der Waals surface area contributed by atoms with E-state index in [1.54, 1.807) is 62.4 Å². The van der Waals surface area contributed by atoms with E-state index in [2.05, 4.69) is 15.8 Å². The number of carbonyl (C=O) groups is 3. The highest BCUT2D eigenvalue weighted by molar-refractivity contribution is 6.31. The summed E-state index contributed by atoms with van der Waals surface area (Å²) >= 11 is 11.9. The largest absolute Gasteiger partial charge is 0.433 e. The molecule has 0 spiro atoms. The zero-order chi connectivity index (χ0) is 29.9. The molecule has 3 N–H and O–H groups in total. The predicted octanol–water partition coefficient (Wildman–Crippen LogP) is 4.03. The summed E-state index contributed by atoms with van der Waals surface area (Å²) in [5.74, 6) is -1.95. The van der Waals surface area contributed by atoms with Gasteiger partial charge < -0.3 is 19.7 Å². The number of nitrogens with zero attached hydrogens (tertiary/aromatic N) is 4. The number of halogens is 2. The molecule has 2 unspecified atom stereocenters. The van der Waals surface area contributed by atoms with Crippen molar-refractivity contribution in [3.05, 3.63) is 86.6 Å². The SMILES string of the molecule is CC1(C)C(C(O)C(=O)Nc2ccc(Cl)cc2)N(c2ccc(Cl)cc2)C(=O)N1CC(=O)N/N=C/c1ccc([N+](=O)[O-])o1. The van der Waals surface area contributed by atoms with Gasteiger partial charge in [0.05, 0.1) is 23.9 Å². The highest BCUT2D eigenvalue weighted by atomic mass is 35.5. The van der Waals surface area contributed by atoms with Gasteiger partial charge in [0, 0.05) is 21.4 Å². The summed E-state index contributed by atoms with van der Waals surface area (Å²) in [6.07, 6.45) is -0.656. The van der Waals surface area contributed by atoms with E-state index < -0.39 is 52.9 Å². The maximum absolute atomic E-state index is 13.7. The average Bonchev–Trinajstić information content (AvgIpc) is 3.47. The van der Waals surface area contributed by atoms with Gasteiger partial charge in [-0.2, -0.15) is 5.10 Å². The highest BCUT2D eigenvalue weighted by Gasteiger charge is 2.56. The molecule has 1 saturated heterocycles. The third kappa shape index (κ3) is 6.48. The van der Waals surface area contributed by atoms with Crippen molar-refractivity contribution in [2.45, 2.75) is 31.5 Å². The Morgan fingerprint density at radius 3 is 2.32 bits per heavy atom. The van der Waals surface area contributed by atoms with Crippen molar-refractivity contribution in [3.63, 3.8) is 0 Å². The van der Waals surface area contributed by atoms with Gasteiger partial charge >= 0.3 is 11.9 Å². The van der Waals surface area contributed by atoms with Crippen LogP contribution in [0.25, 0.3) is 0 Å². The smallest absolute Gasteiger partial charge is 0.400 e. The Labute approximate surface area is 243 Å². The van der Waals surface area contributed by atoms with Gasteiger partial charge in [-0.25, -0.2) is 10.2 Å². The van der Waals surface area contributed by atoms with Crippen molar-refractivity contribution >= 4 is 64.5 Å². The van der Waals surface area contributed by atoms with Crippen molar-refractivity contribution in [2.75, 3.05) is 16.8 Å². The van der Waals surface area contributed by atoms with Crippen LogP contribution in [0.5, 0.6) is 0 Å². The summed E-state index contributed by atoms with van der Waals surface area (Å²) in [7, 11) is 0. The van der Waals surface area contributed by atoms with Crippen molar-refractivity contribution in [2.24, 2.45) is 5.10 Å². The van der Waals surface area contributed by atoms with E-state index >= 15 is 0 Å². The monoisotopic (exact) mass is 602 g/mol. The van der Waals surface area contributed by atoms with Gasteiger partial charge in [-0.1, -0.05) is 23.2 Å². The van der Waals surface area contributed by atoms with E-state index in [0.717, 1.165) is 12.3 Å². The molecular formula is C26H24Cl2N6O7. The molecule has 2 heterocycles. The summed E-state index contributed by atoms with van der Waals surface area (Å²) in [4.78, 5) is 52.1. The minimum atomic E-state index is -1.72. The van der Waals surface area contributed by atoms with Crippen molar-refractivity contribution < 1.29 is 28.8 Å². The molecule has 214 valence electrons. The normalized spacial score (nSPS) is 17.1. The van der Waals surface area contributed by atoms with Crippen molar-refractivity contribution in [1.82, 2.24) is 10.3 Å². The number of anilines is 2. The van der Waals surface area contributed by atoms with Gasteiger partial charge in [0.2, 0.25) is 0 Å². The second-order valence-corrected chi connectivity index (χ2v) is 10.4. The molecule has 1 fully saturated rings. The number of aliphatic hydroxyl groups excluding tert-OH is 1. The molecule has 0 saturated carbocycles. The molecule has 0 bridgehead atoms. The van der Waals surface area contributed by atoms with Crippen LogP contribution in [0, 0.1) is 10.1 Å². The lowest BCUT2D eigenvalue weighted by molar-refractivity contribution is -0.402. The number of nitro groups is 1. The lowest BCUT2D eigenvalue weighted by Gasteiger charge is -2.36. The summed E-state index contributed by atoms with van der Waals surface area (Å²) in [6.45, 7) is 2.74. The number of rotatable bonds is 9. The molecule has 1 aliphatic rings. The lowest BCUT2D eigenvalue weighted by atomic mass is 9.89. The summed E-state index contributed by atoms with van der Waals surface area (Å²) in [5.41, 5.74) is 1.71. The van der Waals surface area contributed by atoms with E-state index in [1.807, 2.05) is 0 Å². The van der Waals surface area contributed by atoms with Gasteiger partial charge in [-0.15, -0.1) is 0 Å². The minimum absolute atomic E-state index is 0.0263. The number of aliphatic hydroxyl groups is 1. The van der Waals surface area contributed by atoms with E-state index in [4.69, 9.17) is 27.6 Å². The summed E-state index contributed by atoms with van der Waals surface area (Å²) < 4.78 is 4.94. The number of benzene rings is 2. The average molecular weight is 603 g/mol. The van der Waals surface area contributed by atoms with Crippen LogP contribution in [0.3, 0.4) is 0 Å². The molecule has 0 radical (unpaired) electrons. The number of hydrogen-bond acceptors (Lipinski definition) is 8. The first-order valence-electron chi connectivity index (χ1n) is 12.1. The third-order valence-electron chi connectivity index (χ3n) is 6.39. The number of carbonyl (C=O) groups excluding carboxylic acids is 3. The summed E-state index contributed by atoms with van der Waals surface area (Å²) in [6, 6.07) is 13.1. The Balaban J connectivity index is 1.56. The topological polar surface area (TPSA) is 171 Å². The van der Waals surface area contributed by atoms with Crippen LogP contribution in [0.4, 0.5) is 22.1 Å². The summed E-state index contributed by atoms with van der Waals surface area (Å²) in [5, 5.41) is 29.2. The fourth-order valence-electron chi connectivity index (χ4n) is 4.39. The number of urea groups is 1. The van der Waals surface area contributed by atoms with Crippen LogP contribution >= 0.6 is 23.2 Å². The maximum Gasteiger partial charge on any atom is 0.433 e. The van der Waals surface area contributed by atoms with Crippen LogP contribution in [-0.4, -0.2) is 63.2 Å². The molecule has 1 aliphatic heterocycles. The van der Waals surface area contributed by atoms with Crippen LogP contribution in [0.1, 0.15) is 19.6 Å². The molecule has 15 heteroatoms. The Kier molecular flexibility index (Phi) is 8.61. The minimum Gasteiger partial charge on any atom is -0.400 e. The second-order valence-electron chi connectivity index (χ2n) is 9.48. The van der Waals surface area contributed by atoms with E-state index in [-0.39, 0.29) is 5.76 Å². The molecular weight excluding hydrogens is 579 g/mol. The Hall–Kier alpha value is -4.46.